The van der Waals surface area contributed by atoms with Crippen molar-refractivity contribution < 1.29 is 0 Å². The molecule has 0 aliphatic carbocycles. The van der Waals surface area contributed by atoms with Gasteiger partial charge in [-0.2, -0.15) is 0 Å². The predicted octanol–water partition coefficient (Wildman–Crippen LogP) is 3.29. The molecule has 0 radical (unpaired) electrons. The van der Waals surface area contributed by atoms with Crippen LogP contribution in [0.5, 0.6) is 0 Å². The number of hydrogen-bond acceptors (Lipinski definition) is 1. The van der Waals surface area contributed by atoms with Crippen molar-refractivity contribution in [1.82, 2.24) is 0 Å². The summed E-state index contributed by atoms with van der Waals surface area (Å²) in [5, 5.41) is 0. The van der Waals surface area contributed by atoms with Gasteiger partial charge in [0.15, 0.2) is 0 Å². The molecule has 0 aromatic heterocycles. The second kappa shape index (κ2) is 5.32. The van der Waals surface area contributed by atoms with Gasteiger partial charge in [-0.3, -0.25) is 0 Å². The van der Waals surface area contributed by atoms with Crippen LogP contribution in [-0.4, -0.2) is 6.04 Å². The molecular formula is C12H16BrN. The van der Waals surface area contributed by atoms with Crippen LogP contribution >= 0.6 is 15.9 Å². The van der Waals surface area contributed by atoms with Crippen LogP contribution in [0.15, 0.2) is 40.4 Å². The minimum atomic E-state index is 0.120. The van der Waals surface area contributed by atoms with E-state index in [0.29, 0.717) is 0 Å². The van der Waals surface area contributed by atoms with Crippen LogP contribution < -0.4 is 5.73 Å². The molecule has 0 saturated heterocycles. The van der Waals surface area contributed by atoms with Crippen LogP contribution in [0.1, 0.15) is 19.4 Å². The van der Waals surface area contributed by atoms with Crippen molar-refractivity contribution in [1.29, 1.82) is 0 Å². The molecule has 0 aliphatic heterocycles. The van der Waals surface area contributed by atoms with Crippen molar-refractivity contribution in [2.24, 2.45) is 5.73 Å². The second-order valence-corrected chi connectivity index (χ2v) is 4.66. The van der Waals surface area contributed by atoms with Gasteiger partial charge in [0.2, 0.25) is 0 Å². The fourth-order valence-electron chi connectivity index (χ4n) is 1.42. The molecule has 2 N–H and O–H groups in total. The van der Waals surface area contributed by atoms with Crippen molar-refractivity contribution in [2.45, 2.75) is 26.3 Å². The van der Waals surface area contributed by atoms with Crippen molar-refractivity contribution in [3.8, 4) is 0 Å². The molecule has 1 aromatic rings. The zero-order valence-corrected chi connectivity index (χ0v) is 10.2. The first-order valence-corrected chi connectivity index (χ1v) is 5.52. The van der Waals surface area contributed by atoms with Crippen molar-refractivity contribution in [3.63, 3.8) is 0 Å². The zero-order chi connectivity index (χ0) is 10.6. The number of nitrogens with two attached hydrogens (primary N) is 1. The van der Waals surface area contributed by atoms with Gasteiger partial charge in [0.25, 0.3) is 0 Å². The number of benzene rings is 1. The molecule has 0 spiro atoms. The van der Waals surface area contributed by atoms with Gasteiger partial charge in [0.05, 0.1) is 0 Å². The first kappa shape index (κ1) is 11.5. The van der Waals surface area contributed by atoms with Crippen LogP contribution in [0.4, 0.5) is 0 Å². The molecule has 1 aromatic carbocycles. The summed E-state index contributed by atoms with van der Waals surface area (Å²) in [7, 11) is 0. The van der Waals surface area contributed by atoms with Gasteiger partial charge < -0.3 is 5.73 Å². The standard InChI is InChI=1S/C12H16BrN/c1-9(2)6-12(14)8-10-4-3-5-11(13)7-10/h3-7,12H,8,14H2,1-2H3. The number of hydrogen-bond donors (Lipinski definition) is 1. The maximum atomic E-state index is 5.97. The fraction of sp³-hybridized carbons (Fsp3) is 0.333. The summed E-state index contributed by atoms with van der Waals surface area (Å²) in [6, 6.07) is 8.39. The molecule has 0 aliphatic rings. The van der Waals surface area contributed by atoms with Gasteiger partial charge in [0.1, 0.15) is 0 Å². The third-order valence-corrected chi connectivity index (χ3v) is 2.40. The summed E-state index contributed by atoms with van der Waals surface area (Å²) in [4.78, 5) is 0. The lowest BCUT2D eigenvalue weighted by Gasteiger charge is -2.07. The van der Waals surface area contributed by atoms with Crippen LogP contribution in [0, 0.1) is 0 Å². The van der Waals surface area contributed by atoms with E-state index < -0.39 is 0 Å². The van der Waals surface area contributed by atoms with Crippen LogP contribution in [-0.2, 0) is 6.42 Å². The lowest BCUT2D eigenvalue weighted by molar-refractivity contribution is 0.802. The maximum Gasteiger partial charge on any atom is 0.0267 e. The smallest absolute Gasteiger partial charge is 0.0267 e. The molecule has 0 saturated carbocycles. The number of halogens is 1. The first-order valence-electron chi connectivity index (χ1n) is 4.73. The third-order valence-electron chi connectivity index (χ3n) is 1.91. The van der Waals surface area contributed by atoms with Gasteiger partial charge in [-0.15, -0.1) is 0 Å². The SMILES string of the molecule is CC(C)=CC(N)Cc1cccc(Br)c1. The molecule has 14 heavy (non-hydrogen) atoms. The van der Waals surface area contributed by atoms with Crippen LogP contribution in [0.3, 0.4) is 0 Å². The summed E-state index contributed by atoms with van der Waals surface area (Å²) in [5.41, 5.74) is 8.50. The molecule has 0 fully saturated rings. The van der Waals surface area contributed by atoms with Gasteiger partial charge >= 0.3 is 0 Å². The highest BCUT2D eigenvalue weighted by Crippen LogP contribution is 2.13. The highest BCUT2D eigenvalue weighted by molar-refractivity contribution is 9.10. The van der Waals surface area contributed by atoms with E-state index >= 15 is 0 Å². The maximum absolute atomic E-state index is 5.97. The monoisotopic (exact) mass is 253 g/mol. The van der Waals surface area contributed by atoms with Gasteiger partial charge in [-0.25, -0.2) is 0 Å². The molecule has 76 valence electrons. The summed E-state index contributed by atoms with van der Waals surface area (Å²) in [6.07, 6.45) is 2.99. The Bertz CT molecular complexity index is 327. The Morgan fingerprint density at radius 2 is 2.21 bits per heavy atom. The summed E-state index contributed by atoms with van der Waals surface area (Å²) in [5.74, 6) is 0. The molecule has 0 amide bonds. The predicted molar refractivity (Wildman–Crippen MR) is 65.3 cm³/mol. The molecule has 2 heteroatoms. The molecule has 0 heterocycles. The first-order chi connectivity index (χ1) is 6.58. The van der Waals surface area contributed by atoms with E-state index in [4.69, 9.17) is 5.73 Å². The Morgan fingerprint density at radius 3 is 2.79 bits per heavy atom. The third kappa shape index (κ3) is 4.07. The highest BCUT2D eigenvalue weighted by Gasteiger charge is 2.00. The average Bonchev–Trinajstić information content (AvgIpc) is 2.01. The van der Waals surface area contributed by atoms with Crippen molar-refractivity contribution in [2.75, 3.05) is 0 Å². The van der Waals surface area contributed by atoms with E-state index in [1.165, 1.54) is 11.1 Å². The molecule has 1 unspecified atom stereocenters. The van der Waals surface area contributed by atoms with Crippen molar-refractivity contribution in [3.05, 3.63) is 46.0 Å². The Labute approximate surface area is 94.1 Å². The Kier molecular flexibility index (Phi) is 4.36. The highest BCUT2D eigenvalue weighted by atomic mass is 79.9. The minimum Gasteiger partial charge on any atom is -0.324 e. The summed E-state index contributed by atoms with van der Waals surface area (Å²) < 4.78 is 1.11. The topological polar surface area (TPSA) is 26.0 Å². The number of rotatable bonds is 3. The average molecular weight is 254 g/mol. The molecule has 1 nitrogen and oxygen atoms in total. The van der Waals surface area contributed by atoms with E-state index in [9.17, 15) is 0 Å². The van der Waals surface area contributed by atoms with E-state index in [1.54, 1.807) is 0 Å². The Morgan fingerprint density at radius 1 is 1.50 bits per heavy atom. The van der Waals surface area contributed by atoms with E-state index in [2.05, 4.69) is 48.0 Å². The Balaban J connectivity index is 2.65. The number of allylic oxidation sites excluding steroid dienone is 1. The van der Waals surface area contributed by atoms with Crippen LogP contribution in [0.25, 0.3) is 0 Å². The largest absolute Gasteiger partial charge is 0.324 e. The fourth-order valence-corrected chi connectivity index (χ4v) is 1.87. The molecule has 0 bridgehead atoms. The molecule has 1 atom stereocenters. The second-order valence-electron chi connectivity index (χ2n) is 3.74. The van der Waals surface area contributed by atoms with Crippen molar-refractivity contribution >= 4 is 15.9 Å². The van der Waals surface area contributed by atoms with E-state index in [-0.39, 0.29) is 6.04 Å². The lowest BCUT2D eigenvalue weighted by Crippen LogP contribution is -2.20. The van der Waals surface area contributed by atoms with Gasteiger partial charge in [-0.1, -0.05) is 39.7 Å². The van der Waals surface area contributed by atoms with Crippen LogP contribution in [0.2, 0.25) is 0 Å². The van der Waals surface area contributed by atoms with Gasteiger partial charge in [0, 0.05) is 10.5 Å². The quantitative estimate of drug-likeness (QED) is 0.823. The molecular weight excluding hydrogens is 238 g/mol. The van der Waals surface area contributed by atoms with E-state index in [1.807, 2.05) is 12.1 Å². The zero-order valence-electron chi connectivity index (χ0n) is 8.63. The lowest BCUT2D eigenvalue weighted by atomic mass is 10.1. The summed E-state index contributed by atoms with van der Waals surface area (Å²) in [6.45, 7) is 4.14. The normalized spacial score (nSPS) is 12.3. The van der Waals surface area contributed by atoms with E-state index in [0.717, 1.165) is 10.9 Å². The minimum absolute atomic E-state index is 0.120. The Hall–Kier alpha value is -0.600. The van der Waals surface area contributed by atoms with Gasteiger partial charge in [-0.05, 0) is 38.0 Å². The summed E-state index contributed by atoms with van der Waals surface area (Å²) >= 11 is 3.45. The molecule has 1 rings (SSSR count).